The van der Waals surface area contributed by atoms with Gasteiger partial charge in [0.25, 0.3) is 0 Å². The molecule has 1 N–H and O–H groups in total. The van der Waals surface area contributed by atoms with Gasteiger partial charge in [0.2, 0.25) is 0 Å². The zero-order valence-corrected chi connectivity index (χ0v) is 13.7. The molecule has 118 valence electrons. The van der Waals surface area contributed by atoms with E-state index >= 15 is 0 Å². The fourth-order valence-electron chi connectivity index (χ4n) is 4.04. The lowest BCUT2D eigenvalue weighted by atomic mass is 9.81. The van der Waals surface area contributed by atoms with Gasteiger partial charge in [-0.3, -0.25) is 0 Å². The summed E-state index contributed by atoms with van der Waals surface area (Å²) in [5, 5.41) is 3.82. The van der Waals surface area contributed by atoms with E-state index in [0.29, 0.717) is 12.2 Å². The molecule has 0 radical (unpaired) electrons. The lowest BCUT2D eigenvalue weighted by Gasteiger charge is -2.29. The molecular formula is C18H35NO. The van der Waals surface area contributed by atoms with Gasteiger partial charge in [-0.05, 0) is 38.6 Å². The summed E-state index contributed by atoms with van der Waals surface area (Å²) in [6.07, 6.45) is 16.2. The van der Waals surface area contributed by atoms with E-state index in [2.05, 4.69) is 19.2 Å². The van der Waals surface area contributed by atoms with Crippen LogP contribution in [0.4, 0.5) is 0 Å². The third kappa shape index (κ3) is 4.73. The van der Waals surface area contributed by atoms with Crippen LogP contribution in [0.15, 0.2) is 0 Å². The second-order valence-electron chi connectivity index (χ2n) is 6.89. The summed E-state index contributed by atoms with van der Waals surface area (Å²) >= 11 is 0. The zero-order chi connectivity index (χ0) is 14.2. The Labute approximate surface area is 126 Å². The molecule has 0 saturated carbocycles. The summed E-state index contributed by atoms with van der Waals surface area (Å²) in [5.41, 5.74) is 0. The van der Waals surface area contributed by atoms with Gasteiger partial charge < -0.3 is 10.1 Å². The normalized spacial score (nSPS) is 30.0. The van der Waals surface area contributed by atoms with Crippen LogP contribution in [0.25, 0.3) is 0 Å². The number of fused-ring (bicyclic) bond motifs is 2. The molecule has 20 heavy (non-hydrogen) atoms. The molecule has 0 amide bonds. The van der Waals surface area contributed by atoms with Crippen LogP contribution < -0.4 is 5.32 Å². The number of rotatable bonds is 11. The van der Waals surface area contributed by atoms with E-state index in [0.717, 1.165) is 12.0 Å². The number of unbranched alkanes of at least 4 members (excludes halogenated alkanes) is 5. The van der Waals surface area contributed by atoms with Gasteiger partial charge >= 0.3 is 0 Å². The van der Waals surface area contributed by atoms with Crippen molar-refractivity contribution in [1.82, 2.24) is 5.32 Å². The van der Waals surface area contributed by atoms with Gasteiger partial charge in [-0.25, -0.2) is 0 Å². The molecule has 2 fully saturated rings. The van der Waals surface area contributed by atoms with Crippen LogP contribution in [0.2, 0.25) is 0 Å². The van der Waals surface area contributed by atoms with Crippen molar-refractivity contribution in [2.45, 2.75) is 103 Å². The molecule has 4 unspecified atom stereocenters. The van der Waals surface area contributed by atoms with Crippen LogP contribution in [-0.2, 0) is 4.74 Å². The summed E-state index contributed by atoms with van der Waals surface area (Å²) in [6, 6.07) is 0.719. The Morgan fingerprint density at radius 3 is 2.45 bits per heavy atom. The second-order valence-corrected chi connectivity index (χ2v) is 6.89. The number of nitrogens with one attached hydrogen (secondary N) is 1. The molecule has 2 heteroatoms. The minimum Gasteiger partial charge on any atom is -0.375 e. The first-order valence-electron chi connectivity index (χ1n) is 9.24. The van der Waals surface area contributed by atoms with Gasteiger partial charge in [-0.1, -0.05) is 52.4 Å². The smallest absolute Gasteiger partial charge is 0.0623 e. The Hall–Kier alpha value is -0.0800. The van der Waals surface area contributed by atoms with Crippen molar-refractivity contribution in [2.75, 3.05) is 6.54 Å². The lowest BCUT2D eigenvalue weighted by molar-refractivity contribution is 0.0847. The maximum atomic E-state index is 6.07. The quantitative estimate of drug-likeness (QED) is 0.556. The largest absolute Gasteiger partial charge is 0.375 e. The summed E-state index contributed by atoms with van der Waals surface area (Å²) in [4.78, 5) is 0. The van der Waals surface area contributed by atoms with E-state index in [-0.39, 0.29) is 0 Å². The Kier molecular flexibility index (Phi) is 7.37. The van der Waals surface area contributed by atoms with Gasteiger partial charge in [-0.15, -0.1) is 0 Å². The van der Waals surface area contributed by atoms with Crippen molar-refractivity contribution in [3.8, 4) is 0 Å². The van der Waals surface area contributed by atoms with E-state index in [1.807, 2.05) is 0 Å². The highest BCUT2D eigenvalue weighted by atomic mass is 16.5. The number of hydrogen-bond donors (Lipinski definition) is 1. The summed E-state index contributed by atoms with van der Waals surface area (Å²) in [5.74, 6) is 0.802. The van der Waals surface area contributed by atoms with Crippen molar-refractivity contribution >= 4 is 0 Å². The van der Waals surface area contributed by atoms with Crippen LogP contribution in [0.1, 0.15) is 84.5 Å². The second kappa shape index (κ2) is 9.04. The fraction of sp³-hybridized carbons (Fsp3) is 1.00. The van der Waals surface area contributed by atoms with Crippen LogP contribution in [0.5, 0.6) is 0 Å². The molecule has 2 aliphatic rings. The molecule has 0 aromatic carbocycles. The molecular weight excluding hydrogens is 246 g/mol. The molecule has 0 aliphatic carbocycles. The highest BCUT2D eigenvalue weighted by Crippen LogP contribution is 2.41. The van der Waals surface area contributed by atoms with Crippen molar-refractivity contribution in [3.05, 3.63) is 0 Å². The molecule has 0 aromatic heterocycles. The molecule has 2 saturated heterocycles. The van der Waals surface area contributed by atoms with Gasteiger partial charge in [0.1, 0.15) is 0 Å². The van der Waals surface area contributed by atoms with E-state index in [1.165, 1.54) is 77.2 Å². The summed E-state index contributed by atoms with van der Waals surface area (Å²) in [6.45, 7) is 5.74. The molecule has 0 aromatic rings. The predicted molar refractivity (Wildman–Crippen MR) is 86.1 cm³/mol. The van der Waals surface area contributed by atoms with Crippen molar-refractivity contribution in [2.24, 2.45) is 5.92 Å². The molecule has 2 nitrogen and oxygen atoms in total. The minimum atomic E-state index is 0.578. The molecule has 0 spiro atoms. The highest BCUT2D eigenvalue weighted by molar-refractivity contribution is 4.95. The third-order valence-corrected chi connectivity index (χ3v) is 5.20. The third-order valence-electron chi connectivity index (χ3n) is 5.20. The Balaban J connectivity index is 1.67. The van der Waals surface area contributed by atoms with Gasteiger partial charge in [-0.2, -0.15) is 0 Å². The first-order chi connectivity index (χ1) is 9.85. The van der Waals surface area contributed by atoms with E-state index in [4.69, 9.17) is 4.74 Å². The fourth-order valence-corrected chi connectivity index (χ4v) is 4.04. The van der Waals surface area contributed by atoms with Crippen LogP contribution in [-0.4, -0.2) is 24.8 Å². The first kappa shape index (κ1) is 16.3. The minimum absolute atomic E-state index is 0.578. The van der Waals surface area contributed by atoms with Crippen LogP contribution >= 0.6 is 0 Å². The van der Waals surface area contributed by atoms with Crippen molar-refractivity contribution in [3.63, 3.8) is 0 Å². The summed E-state index contributed by atoms with van der Waals surface area (Å²) in [7, 11) is 0. The Bertz CT molecular complexity index is 256. The Morgan fingerprint density at radius 1 is 1.00 bits per heavy atom. The molecule has 2 heterocycles. The molecule has 2 bridgehead atoms. The van der Waals surface area contributed by atoms with E-state index < -0.39 is 0 Å². The van der Waals surface area contributed by atoms with Gasteiger partial charge in [0, 0.05) is 12.0 Å². The first-order valence-corrected chi connectivity index (χ1v) is 9.24. The topological polar surface area (TPSA) is 21.3 Å². The number of ether oxygens (including phenoxy) is 1. The van der Waals surface area contributed by atoms with Crippen molar-refractivity contribution in [1.29, 1.82) is 0 Å². The number of hydrogen-bond acceptors (Lipinski definition) is 2. The molecule has 4 atom stereocenters. The van der Waals surface area contributed by atoms with Gasteiger partial charge in [0.15, 0.2) is 0 Å². The van der Waals surface area contributed by atoms with E-state index in [1.54, 1.807) is 0 Å². The monoisotopic (exact) mass is 281 g/mol. The maximum Gasteiger partial charge on any atom is 0.0623 e. The predicted octanol–water partition coefficient (Wildman–Crippen LogP) is 4.67. The van der Waals surface area contributed by atoms with Crippen molar-refractivity contribution < 1.29 is 4.74 Å². The van der Waals surface area contributed by atoms with E-state index in [9.17, 15) is 0 Å². The van der Waals surface area contributed by atoms with Gasteiger partial charge in [0.05, 0.1) is 12.2 Å². The van der Waals surface area contributed by atoms with Crippen LogP contribution in [0.3, 0.4) is 0 Å². The summed E-state index contributed by atoms with van der Waals surface area (Å²) < 4.78 is 6.07. The highest BCUT2D eigenvalue weighted by Gasteiger charge is 2.43. The average molecular weight is 281 g/mol. The SMILES string of the molecule is CCCCCCCCC(NCCC)C1CC2CCC1O2. The zero-order valence-electron chi connectivity index (χ0n) is 13.7. The molecule has 2 rings (SSSR count). The standard InChI is InChI=1S/C18H35NO/c1-3-5-6-7-8-9-10-17(19-13-4-2)16-14-15-11-12-18(16)20-15/h15-19H,3-14H2,1-2H3. The molecule has 2 aliphatic heterocycles. The van der Waals surface area contributed by atoms with Crippen LogP contribution in [0, 0.1) is 5.92 Å². The average Bonchev–Trinajstić information content (AvgIpc) is 3.08. The maximum absolute atomic E-state index is 6.07. The Morgan fingerprint density at radius 2 is 1.80 bits per heavy atom. The lowest BCUT2D eigenvalue weighted by Crippen LogP contribution is -2.41.